The second-order valence-corrected chi connectivity index (χ2v) is 6.57. The molecule has 1 aliphatic carbocycles. The zero-order valence-corrected chi connectivity index (χ0v) is 13.3. The van der Waals surface area contributed by atoms with Gasteiger partial charge in [-0.1, -0.05) is 62.4 Å². The van der Waals surface area contributed by atoms with E-state index in [2.05, 4.69) is 43.4 Å². The summed E-state index contributed by atoms with van der Waals surface area (Å²) < 4.78 is 0. The number of rotatable bonds is 8. The molecule has 0 saturated heterocycles. The van der Waals surface area contributed by atoms with Gasteiger partial charge in [-0.3, -0.25) is 0 Å². The third-order valence-electron chi connectivity index (χ3n) is 4.68. The zero-order valence-electron chi connectivity index (χ0n) is 13.3. The van der Waals surface area contributed by atoms with E-state index in [0.717, 1.165) is 12.5 Å². The fourth-order valence-electron chi connectivity index (χ4n) is 3.37. The van der Waals surface area contributed by atoms with Gasteiger partial charge in [-0.2, -0.15) is 0 Å². The summed E-state index contributed by atoms with van der Waals surface area (Å²) in [5.74, 6) is 1.01. The Morgan fingerprint density at radius 1 is 1.15 bits per heavy atom. The van der Waals surface area contributed by atoms with Crippen molar-refractivity contribution in [1.82, 2.24) is 5.32 Å². The monoisotopic (exact) mass is 273 g/mol. The van der Waals surface area contributed by atoms with Gasteiger partial charge in [-0.25, -0.2) is 0 Å². The molecule has 1 nitrogen and oxygen atoms in total. The van der Waals surface area contributed by atoms with E-state index in [1.165, 1.54) is 62.5 Å². The number of nitrogens with one attached hydrogen (secondary N) is 1. The molecule has 0 spiro atoms. The van der Waals surface area contributed by atoms with Crippen molar-refractivity contribution in [2.75, 3.05) is 6.54 Å². The summed E-state index contributed by atoms with van der Waals surface area (Å²) in [6.07, 6.45) is 11.1. The molecule has 2 rings (SSSR count). The average molecular weight is 273 g/mol. The van der Waals surface area contributed by atoms with E-state index in [9.17, 15) is 0 Å². The zero-order chi connectivity index (χ0) is 14.2. The first-order valence-corrected chi connectivity index (χ1v) is 8.57. The minimum Gasteiger partial charge on any atom is -0.314 e. The van der Waals surface area contributed by atoms with Crippen molar-refractivity contribution >= 4 is 0 Å². The predicted octanol–water partition coefficient (Wildman–Crippen LogP) is 4.88. The van der Waals surface area contributed by atoms with Crippen LogP contribution in [0.1, 0.15) is 63.0 Å². The first-order chi connectivity index (χ1) is 9.78. The van der Waals surface area contributed by atoms with Gasteiger partial charge in [0.25, 0.3) is 0 Å². The Hall–Kier alpha value is -0.820. The minimum absolute atomic E-state index is 0.665. The number of benzene rings is 1. The van der Waals surface area contributed by atoms with E-state index in [0.29, 0.717) is 6.04 Å². The molecule has 1 aromatic rings. The maximum atomic E-state index is 3.76. The second-order valence-electron chi connectivity index (χ2n) is 6.57. The van der Waals surface area contributed by atoms with Gasteiger partial charge in [0.15, 0.2) is 0 Å². The van der Waals surface area contributed by atoms with Crippen molar-refractivity contribution in [3.05, 3.63) is 35.4 Å². The van der Waals surface area contributed by atoms with E-state index in [-0.39, 0.29) is 0 Å². The summed E-state index contributed by atoms with van der Waals surface area (Å²) in [6.45, 7) is 5.57. The van der Waals surface area contributed by atoms with Gasteiger partial charge < -0.3 is 5.32 Å². The third-order valence-corrected chi connectivity index (χ3v) is 4.68. The predicted molar refractivity (Wildman–Crippen MR) is 88.2 cm³/mol. The highest BCUT2D eigenvalue weighted by atomic mass is 14.9. The molecule has 1 fully saturated rings. The van der Waals surface area contributed by atoms with E-state index >= 15 is 0 Å². The maximum Gasteiger partial charge on any atom is 0.0108 e. The molecule has 1 atom stereocenters. The molecular formula is C19H31N. The van der Waals surface area contributed by atoms with Gasteiger partial charge in [0, 0.05) is 6.04 Å². The SMILES string of the molecule is CCCNC(CCC1CCCC1)Cc1ccc(C)cc1. The van der Waals surface area contributed by atoms with E-state index < -0.39 is 0 Å². The van der Waals surface area contributed by atoms with Crippen LogP contribution in [0.4, 0.5) is 0 Å². The van der Waals surface area contributed by atoms with E-state index in [1.54, 1.807) is 0 Å². The lowest BCUT2D eigenvalue weighted by atomic mass is 9.94. The summed E-state index contributed by atoms with van der Waals surface area (Å²) in [5, 5.41) is 3.76. The van der Waals surface area contributed by atoms with Gasteiger partial charge in [-0.05, 0) is 50.6 Å². The standard InChI is InChI=1S/C19H31N/c1-3-14-20-19(13-12-17-6-4-5-7-17)15-18-10-8-16(2)9-11-18/h8-11,17,19-20H,3-7,12-15H2,1-2H3. The van der Waals surface area contributed by atoms with Crippen LogP contribution in [0, 0.1) is 12.8 Å². The first kappa shape index (κ1) is 15.6. The van der Waals surface area contributed by atoms with Crippen LogP contribution in [-0.4, -0.2) is 12.6 Å². The highest BCUT2D eigenvalue weighted by Gasteiger charge is 2.17. The van der Waals surface area contributed by atoms with E-state index in [1.807, 2.05) is 0 Å². The van der Waals surface area contributed by atoms with Crippen molar-refractivity contribution in [1.29, 1.82) is 0 Å². The molecule has 20 heavy (non-hydrogen) atoms. The number of hydrogen-bond donors (Lipinski definition) is 1. The molecule has 0 aliphatic heterocycles. The fraction of sp³-hybridized carbons (Fsp3) is 0.684. The topological polar surface area (TPSA) is 12.0 Å². The van der Waals surface area contributed by atoms with Crippen molar-refractivity contribution in [2.24, 2.45) is 5.92 Å². The Labute approximate surface area is 125 Å². The Bertz CT molecular complexity index is 362. The first-order valence-electron chi connectivity index (χ1n) is 8.57. The number of aryl methyl sites for hydroxylation is 1. The molecule has 0 aromatic heterocycles. The maximum absolute atomic E-state index is 3.76. The van der Waals surface area contributed by atoms with Crippen LogP contribution in [-0.2, 0) is 6.42 Å². The molecular weight excluding hydrogens is 242 g/mol. The molecule has 1 aliphatic rings. The highest BCUT2D eigenvalue weighted by Crippen LogP contribution is 2.29. The Morgan fingerprint density at radius 2 is 1.85 bits per heavy atom. The van der Waals surface area contributed by atoms with Crippen LogP contribution < -0.4 is 5.32 Å². The van der Waals surface area contributed by atoms with Crippen LogP contribution in [0.15, 0.2) is 24.3 Å². The van der Waals surface area contributed by atoms with Crippen LogP contribution in [0.3, 0.4) is 0 Å². The van der Waals surface area contributed by atoms with Gasteiger partial charge in [0.1, 0.15) is 0 Å². The highest BCUT2D eigenvalue weighted by molar-refractivity contribution is 5.22. The lowest BCUT2D eigenvalue weighted by Gasteiger charge is -2.20. The van der Waals surface area contributed by atoms with Crippen molar-refractivity contribution in [2.45, 2.75) is 71.3 Å². The summed E-state index contributed by atoms with van der Waals surface area (Å²) in [5.41, 5.74) is 2.84. The minimum atomic E-state index is 0.665. The third kappa shape index (κ3) is 5.28. The quantitative estimate of drug-likeness (QED) is 0.712. The normalized spacial score (nSPS) is 17.5. The largest absolute Gasteiger partial charge is 0.314 e. The molecule has 1 unspecified atom stereocenters. The second kappa shape index (κ2) is 8.46. The summed E-state index contributed by atoms with van der Waals surface area (Å²) >= 11 is 0. The molecule has 112 valence electrons. The van der Waals surface area contributed by atoms with Gasteiger partial charge >= 0.3 is 0 Å². The summed E-state index contributed by atoms with van der Waals surface area (Å²) in [7, 11) is 0. The molecule has 1 aromatic carbocycles. The molecule has 0 radical (unpaired) electrons. The summed E-state index contributed by atoms with van der Waals surface area (Å²) in [4.78, 5) is 0. The fourth-order valence-corrected chi connectivity index (χ4v) is 3.37. The van der Waals surface area contributed by atoms with Crippen LogP contribution in [0.25, 0.3) is 0 Å². The van der Waals surface area contributed by atoms with Gasteiger partial charge in [0.05, 0.1) is 0 Å². The Morgan fingerprint density at radius 3 is 2.50 bits per heavy atom. The lowest BCUT2D eigenvalue weighted by molar-refractivity contribution is 0.402. The van der Waals surface area contributed by atoms with E-state index in [4.69, 9.17) is 0 Å². The Balaban J connectivity index is 1.83. The van der Waals surface area contributed by atoms with Crippen molar-refractivity contribution < 1.29 is 0 Å². The molecule has 1 saturated carbocycles. The molecule has 0 bridgehead atoms. The van der Waals surface area contributed by atoms with Crippen LogP contribution in [0.2, 0.25) is 0 Å². The molecule has 0 heterocycles. The van der Waals surface area contributed by atoms with Crippen molar-refractivity contribution in [3.8, 4) is 0 Å². The molecule has 1 N–H and O–H groups in total. The molecule has 0 amide bonds. The van der Waals surface area contributed by atoms with Gasteiger partial charge in [-0.15, -0.1) is 0 Å². The van der Waals surface area contributed by atoms with Gasteiger partial charge in [0.2, 0.25) is 0 Å². The Kier molecular flexibility index (Phi) is 6.59. The number of hydrogen-bond acceptors (Lipinski definition) is 1. The van der Waals surface area contributed by atoms with Crippen LogP contribution >= 0.6 is 0 Å². The van der Waals surface area contributed by atoms with Crippen LogP contribution in [0.5, 0.6) is 0 Å². The molecule has 1 heteroatoms. The van der Waals surface area contributed by atoms with Crippen molar-refractivity contribution in [3.63, 3.8) is 0 Å². The smallest absolute Gasteiger partial charge is 0.0108 e. The lowest BCUT2D eigenvalue weighted by Crippen LogP contribution is -2.32. The summed E-state index contributed by atoms with van der Waals surface area (Å²) in [6, 6.07) is 9.74. The average Bonchev–Trinajstić information content (AvgIpc) is 2.97.